The zero-order valence-corrected chi connectivity index (χ0v) is 7.45. The molecule has 0 aliphatic carbocycles. The van der Waals surface area contributed by atoms with Crippen LogP contribution in [0.15, 0.2) is 0 Å². The standard InChI is InChI=1S/C3H10O6SSi/c4-8-9-10-2-1-3-11(5,6)7/h4-7H,1-3H2. The van der Waals surface area contributed by atoms with Crippen LogP contribution in [0.2, 0.25) is 6.04 Å². The molecule has 0 saturated heterocycles. The maximum atomic E-state index is 8.49. The van der Waals surface area contributed by atoms with Gasteiger partial charge in [-0.15, -0.1) is 4.33 Å². The lowest BCUT2D eigenvalue weighted by atomic mass is 10.6. The molecule has 0 aromatic carbocycles. The summed E-state index contributed by atoms with van der Waals surface area (Å²) in [5.74, 6) is 0.400. The highest BCUT2D eigenvalue weighted by atomic mass is 32.2. The van der Waals surface area contributed by atoms with Gasteiger partial charge in [0.25, 0.3) is 0 Å². The van der Waals surface area contributed by atoms with Gasteiger partial charge in [0.2, 0.25) is 0 Å². The van der Waals surface area contributed by atoms with Crippen molar-refractivity contribution >= 4 is 20.8 Å². The predicted molar refractivity (Wildman–Crippen MR) is 39.1 cm³/mol. The van der Waals surface area contributed by atoms with Crippen LogP contribution in [0.25, 0.3) is 0 Å². The molecule has 0 atom stereocenters. The van der Waals surface area contributed by atoms with Crippen LogP contribution in [0.4, 0.5) is 0 Å². The number of rotatable bonds is 6. The average molecular weight is 202 g/mol. The average Bonchev–Trinajstić information content (AvgIpc) is 1.85. The maximum absolute atomic E-state index is 8.49. The van der Waals surface area contributed by atoms with E-state index in [4.69, 9.17) is 19.6 Å². The Labute approximate surface area is 68.8 Å². The summed E-state index contributed by atoms with van der Waals surface area (Å²) in [5, 5.41) is 10.9. The summed E-state index contributed by atoms with van der Waals surface area (Å²) in [5.41, 5.74) is 0. The Balaban J connectivity index is 3.02. The van der Waals surface area contributed by atoms with E-state index in [0.717, 1.165) is 12.0 Å². The second-order valence-electron chi connectivity index (χ2n) is 1.84. The molecule has 4 N–H and O–H groups in total. The van der Waals surface area contributed by atoms with Gasteiger partial charge in [0.15, 0.2) is 0 Å². The Morgan fingerprint density at radius 3 is 2.36 bits per heavy atom. The molecule has 0 saturated carbocycles. The summed E-state index contributed by atoms with van der Waals surface area (Å²) in [6, 6.07) is -0.0468. The first kappa shape index (κ1) is 11.3. The van der Waals surface area contributed by atoms with E-state index < -0.39 is 8.80 Å². The fourth-order valence-electron chi connectivity index (χ4n) is 0.424. The second-order valence-corrected chi connectivity index (χ2v) is 4.67. The van der Waals surface area contributed by atoms with Crippen LogP contribution >= 0.6 is 12.0 Å². The molecule has 0 aromatic heterocycles. The normalized spacial score (nSPS) is 12.0. The third-order valence-electron chi connectivity index (χ3n) is 0.818. The van der Waals surface area contributed by atoms with Crippen molar-refractivity contribution in [3.63, 3.8) is 0 Å². The van der Waals surface area contributed by atoms with E-state index in [9.17, 15) is 0 Å². The minimum atomic E-state index is -3.89. The van der Waals surface area contributed by atoms with Crippen LogP contribution in [-0.2, 0) is 9.37 Å². The molecule has 0 amide bonds. The fourth-order valence-corrected chi connectivity index (χ4v) is 1.70. The van der Waals surface area contributed by atoms with Gasteiger partial charge in [-0.3, -0.25) is 0 Å². The Bertz CT molecular complexity index is 94.3. The second kappa shape index (κ2) is 5.91. The smallest absolute Gasteiger partial charge is 0.390 e. The third kappa shape index (κ3) is 10.3. The zero-order valence-electron chi connectivity index (χ0n) is 5.63. The molecule has 0 rings (SSSR count). The van der Waals surface area contributed by atoms with Crippen LogP contribution in [0.5, 0.6) is 0 Å². The van der Waals surface area contributed by atoms with Gasteiger partial charge in [0.1, 0.15) is 0 Å². The SMILES string of the molecule is OOOSCCC[Si](O)(O)O. The molecule has 0 aromatic rings. The molecule has 11 heavy (non-hydrogen) atoms. The lowest BCUT2D eigenvalue weighted by molar-refractivity contribution is -0.432. The van der Waals surface area contributed by atoms with E-state index in [0.29, 0.717) is 12.2 Å². The van der Waals surface area contributed by atoms with Crippen molar-refractivity contribution in [2.24, 2.45) is 0 Å². The summed E-state index contributed by atoms with van der Waals surface area (Å²) in [7, 11) is -3.89. The minimum Gasteiger partial charge on any atom is -0.390 e. The van der Waals surface area contributed by atoms with E-state index in [1.165, 1.54) is 0 Å². The first-order valence-corrected chi connectivity index (χ1v) is 5.79. The first-order chi connectivity index (χ1) is 5.06. The molecule has 0 spiro atoms. The van der Waals surface area contributed by atoms with Gasteiger partial charge in [-0.1, -0.05) is 5.04 Å². The molecule has 68 valence electrons. The van der Waals surface area contributed by atoms with Gasteiger partial charge < -0.3 is 14.4 Å². The molecule has 0 bridgehead atoms. The summed E-state index contributed by atoms with van der Waals surface area (Å²) in [6.45, 7) is 0. The van der Waals surface area contributed by atoms with Gasteiger partial charge in [-0.05, 0) is 6.42 Å². The lowest BCUT2D eigenvalue weighted by Gasteiger charge is -2.07. The van der Waals surface area contributed by atoms with Crippen LogP contribution in [0.3, 0.4) is 0 Å². The fraction of sp³-hybridized carbons (Fsp3) is 1.00. The highest BCUT2D eigenvalue weighted by Gasteiger charge is 2.25. The summed E-state index contributed by atoms with van der Waals surface area (Å²) in [6.07, 6.45) is 0.379. The maximum Gasteiger partial charge on any atom is 0.492 e. The molecule has 0 fully saturated rings. The Morgan fingerprint density at radius 1 is 1.27 bits per heavy atom. The van der Waals surface area contributed by atoms with Crippen molar-refractivity contribution < 1.29 is 29.0 Å². The molecular formula is C3H10O6SSi. The summed E-state index contributed by atoms with van der Waals surface area (Å²) < 4.78 is 3.99. The predicted octanol–water partition coefficient (Wildman–Crippen LogP) is -0.638. The van der Waals surface area contributed by atoms with E-state index in [-0.39, 0.29) is 6.04 Å². The van der Waals surface area contributed by atoms with Gasteiger partial charge in [0.05, 0.1) is 0 Å². The summed E-state index contributed by atoms with van der Waals surface area (Å²) >= 11 is 0.811. The molecule has 8 heteroatoms. The molecule has 6 nitrogen and oxygen atoms in total. The van der Waals surface area contributed by atoms with E-state index in [2.05, 4.69) is 9.37 Å². The highest BCUT2D eigenvalue weighted by molar-refractivity contribution is 7.94. The van der Waals surface area contributed by atoms with Crippen molar-refractivity contribution in [1.82, 2.24) is 0 Å². The minimum absolute atomic E-state index is 0.0468. The Morgan fingerprint density at radius 2 is 1.91 bits per heavy atom. The molecule has 0 unspecified atom stereocenters. The largest absolute Gasteiger partial charge is 0.492 e. The van der Waals surface area contributed by atoms with Crippen molar-refractivity contribution in [2.75, 3.05) is 5.75 Å². The number of hydrogen-bond donors (Lipinski definition) is 4. The highest BCUT2D eigenvalue weighted by Crippen LogP contribution is 2.09. The molecule has 0 radical (unpaired) electrons. The van der Waals surface area contributed by atoms with Crippen molar-refractivity contribution in [1.29, 1.82) is 0 Å². The first-order valence-electron chi connectivity index (χ1n) is 2.83. The van der Waals surface area contributed by atoms with Crippen LogP contribution < -0.4 is 0 Å². The molecule has 0 aliphatic heterocycles. The van der Waals surface area contributed by atoms with Crippen LogP contribution in [0, 0.1) is 0 Å². The van der Waals surface area contributed by atoms with E-state index >= 15 is 0 Å². The van der Waals surface area contributed by atoms with E-state index in [1.54, 1.807) is 0 Å². The van der Waals surface area contributed by atoms with Gasteiger partial charge >= 0.3 is 8.80 Å². The van der Waals surface area contributed by atoms with Gasteiger partial charge in [-0.2, -0.15) is 0 Å². The van der Waals surface area contributed by atoms with Gasteiger partial charge in [0, 0.05) is 23.8 Å². The Hall–Kier alpha value is 0.327. The summed E-state index contributed by atoms with van der Waals surface area (Å²) in [4.78, 5) is 25.5. The zero-order chi connectivity index (χ0) is 8.74. The van der Waals surface area contributed by atoms with E-state index in [1.807, 2.05) is 0 Å². The van der Waals surface area contributed by atoms with Crippen molar-refractivity contribution in [3.8, 4) is 0 Å². The lowest BCUT2D eigenvalue weighted by Crippen LogP contribution is -2.34. The van der Waals surface area contributed by atoms with Gasteiger partial charge in [-0.25, -0.2) is 5.26 Å². The monoisotopic (exact) mass is 202 g/mol. The van der Waals surface area contributed by atoms with Crippen molar-refractivity contribution in [3.05, 3.63) is 0 Å². The third-order valence-corrected chi connectivity index (χ3v) is 2.46. The topological polar surface area (TPSA) is 99.4 Å². The van der Waals surface area contributed by atoms with Crippen LogP contribution in [-0.4, -0.2) is 34.2 Å². The molecule has 0 heterocycles. The number of hydrogen-bond acceptors (Lipinski definition) is 7. The molecule has 0 aliphatic rings. The van der Waals surface area contributed by atoms with Crippen molar-refractivity contribution in [2.45, 2.75) is 12.5 Å². The van der Waals surface area contributed by atoms with Crippen LogP contribution in [0.1, 0.15) is 6.42 Å². The Kier molecular flexibility index (Phi) is 6.09. The molecular weight excluding hydrogens is 192 g/mol. The quantitative estimate of drug-likeness (QED) is 0.149.